The van der Waals surface area contributed by atoms with Gasteiger partial charge in [-0.2, -0.15) is 4.68 Å². The second-order valence-corrected chi connectivity index (χ2v) is 3.89. The van der Waals surface area contributed by atoms with Crippen molar-refractivity contribution in [2.45, 2.75) is 0 Å². The minimum absolute atomic E-state index is 0.000170. The molecule has 0 unspecified atom stereocenters. The van der Waals surface area contributed by atoms with Gasteiger partial charge in [-0.1, -0.05) is 6.07 Å². The first-order valence-electron chi connectivity index (χ1n) is 5.41. The molecule has 0 fully saturated rings. The zero-order chi connectivity index (χ0) is 13.4. The number of carbonyl (C=O) groups is 1. The molecular formula is C12H8FN5O. The number of hydrogen-bond donors (Lipinski definition) is 1. The van der Waals surface area contributed by atoms with Gasteiger partial charge in [0.25, 0.3) is 5.91 Å². The van der Waals surface area contributed by atoms with Crippen LogP contribution in [0.2, 0.25) is 0 Å². The van der Waals surface area contributed by atoms with Crippen LogP contribution in [-0.2, 0) is 0 Å². The van der Waals surface area contributed by atoms with E-state index in [1.165, 1.54) is 18.5 Å². The number of nitrogens with two attached hydrogens (primary N) is 1. The Bertz CT molecular complexity index is 783. The number of carbonyl (C=O) groups excluding carboxylic acids is 1. The number of fused-ring (bicyclic) bond motifs is 1. The summed E-state index contributed by atoms with van der Waals surface area (Å²) in [6.45, 7) is 0. The minimum Gasteiger partial charge on any atom is -0.366 e. The van der Waals surface area contributed by atoms with Crippen LogP contribution in [0.5, 0.6) is 0 Å². The number of pyridine rings is 1. The lowest BCUT2D eigenvalue weighted by Gasteiger charge is -2.02. The number of rotatable bonds is 1. The molecule has 0 atom stereocenters. The van der Waals surface area contributed by atoms with E-state index in [0.717, 1.165) is 10.1 Å². The van der Waals surface area contributed by atoms with Crippen molar-refractivity contribution in [1.29, 1.82) is 0 Å². The summed E-state index contributed by atoms with van der Waals surface area (Å²) in [6, 6.07) is 7.43. The van der Waals surface area contributed by atoms with Crippen molar-refractivity contribution in [2.75, 3.05) is 5.73 Å². The molecule has 0 amide bonds. The summed E-state index contributed by atoms with van der Waals surface area (Å²) in [6.07, 6.45) is 1.20. The molecule has 1 aromatic carbocycles. The van der Waals surface area contributed by atoms with E-state index in [9.17, 15) is 9.18 Å². The highest BCUT2D eigenvalue weighted by Gasteiger charge is 2.12. The van der Waals surface area contributed by atoms with Gasteiger partial charge in [0, 0.05) is 11.5 Å². The quantitative estimate of drug-likeness (QED) is 0.708. The highest BCUT2D eigenvalue weighted by Crippen LogP contribution is 2.14. The Kier molecular flexibility index (Phi) is 2.45. The molecule has 0 aliphatic carbocycles. The second kappa shape index (κ2) is 4.13. The smallest absolute Gasteiger partial charge is 0.298 e. The Morgan fingerprint density at radius 3 is 2.79 bits per heavy atom. The van der Waals surface area contributed by atoms with Crippen molar-refractivity contribution in [1.82, 2.24) is 19.7 Å². The summed E-state index contributed by atoms with van der Waals surface area (Å²) in [7, 11) is 0. The Hall–Kier alpha value is -2.83. The van der Waals surface area contributed by atoms with Crippen LogP contribution in [0.4, 0.5) is 10.3 Å². The zero-order valence-electron chi connectivity index (χ0n) is 9.62. The number of anilines is 1. The zero-order valence-corrected chi connectivity index (χ0v) is 9.62. The van der Waals surface area contributed by atoms with E-state index < -0.39 is 11.7 Å². The molecule has 19 heavy (non-hydrogen) atoms. The maximum Gasteiger partial charge on any atom is 0.298 e. The molecule has 0 saturated heterocycles. The van der Waals surface area contributed by atoms with Crippen LogP contribution in [0.25, 0.3) is 10.9 Å². The van der Waals surface area contributed by atoms with Crippen molar-refractivity contribution in [2.24, 2.45) is 0 Å². The molecule has 0 radical (unpaired) electrons. The van der Waals surface area contributed by atoms with Gasteiger partial charge in [0.05, 0.1) is 5.52 Å². The Balaban J connectivity index is 2.07. The lowest BCUT2D eigenvalue weighted by atomic mass is 10.2. The third-order valence-corrected chi connectivity index (χ3v) is 2.59. The van der Waals surface area contributed by atoms with Crippen LogP contribution in [0.15, 0.2) is 36.7 Å². The van der Waals surface area contributed by atoms with Crippen LogP contribution >= 0.6 is 0 Å². The lowest BCUT2D eigenvalue weighted by Crippen LogP contribution is -2.14. The molecule has 3 aromatic rings. The van der Waals surface area contributed by atoms with E-state index in [-0.39, 0.29) is 11.6 Å². The summed E-state index contributed by atoms with van der Waals surface area (Å²) in [5.74, 6) is -0.884. The van der Waals surface area contributed by atoms with Gasteiger partial charge in [-0.15, -0.1) is 5.10 Å². The summed E-state index contributed by atoms with van der Waals surface area (Å²) in [5.41, 5.74) is 5.88. The standard InChI is InChI=1S/C12H8FN5O/c13-8-3-1-7-2-4-9(16-10(7)5-8)11(19)18-6-15-12(14)17-18/h1-6H,(H2,14,17). The number of halogens is 1. The fraction of sp³-hybridized carbons (Fsp3) is 0. The monoisotopic (exact) mass is 257 g/mol. The van der Waals surface area contributed by atoms with Crippen molar-refractivity contribution in [3.63, 3.8) is 0 Å². The highest BCUT2D eigenvalue weighted by atomic mass is 19.1. The summed E-state index contributed by atoms with van der Waals surface area (Å²) in [4.78, 5) is 19.8. The first-order valence-corrected chi connectivity index (χ1v) is 5.41. The van der Waals surface area contributed by atoms with Crippen LogP contribution in [-0.4, -0.2) is 25.7 Å². The number of nitrogens with zero attached hydrogens (tertiary/aromatic N) is 4. The van der Waals surface area contributed by atoms with E-state index in [4.69, 9.17) is 5.73 Å². The number of aromatic nitrogens is 4. The molecule has 2 N–H and O–H groups in total. The maximum absolute atomic E-state index is 13.1. The van der Waals surface area contributed by atoms with Gasteiger partial charge >= 0.3 is 0 Å². The Morgan fingerprint density at radius 1 is 1.26 bits per heavy atom. The average Bonchev–Trinajstić information content (AvgIpc) is 2.83. The van der Waals surface area contributed by atoms with Crippen molar-refractivity contribution in [3.05, 3.63) is 48.2 Å². The molecule has 0 bridgehead atoms. The molecular weight excluding hydrogens is 249 g/mol. The topological polar surface area (TPSA) is 86.7 Å². The number of nitrogen functional groups attached to an aromatic ring is 1. The second-order valence-electron chi connectivity index (χ2n) is 3.89. The van der Waals surface area contributed by atoms with Gasteiger partial charge in [0.15, 0.2) is 0 Å². The lowest BCUT2D eigenvalue weighted by molar-refractivity contribution is 0.0940. The highest BCUT2D eigenvalue weighted by molar-refractivity contribution is 5.95. The summed E-state index contributed by atoms with van der Waals surface area (Å²) < 4.78 is 14.1. The van der Waals surface area contributed by atoms with Crippen LogP contribution in [0.1, 0.15) is 10.5 Å². The van der Waals surface area contributed by atoms with Gasteiger partial charge < -0.3 is 5.73 Å². The van der Waals surface area contributed by atoms with E-state index in [2.05, 4.69) is 15.1 Å². The van der Waals surface area contributed by atoms with Crippen molar-refractivity contribution in [3.8, 4) is 0 Å². The molecule has 0 spiro atoms. The molecule has 6 nitrogen and oxygen atoms in total. The SMILES string of the molecule is Nc1ncn(C(=O)c2ccc3ccc(F)cc3n2)n1. The normalized spacial score (nSPS) is 10.8. The Labute approximate surface area is 106 Å². The molecule has 0 saturated carbocycles. The first kappa shape index (κ1) is 11.3. The number of hydrogen-bond acceptors (Lipinski definition) is 5. The third-order valence-electron chi connectivity index (χ3n) is 2.59. The van der Waals surface area contributed by atoms with E-state index >= 15 is 0 Å². The van der Waals surface area contributed by atoms with Crippen molar-refractivity contribution >= 4 is 22.8 Å². The number of benzene rings is 1. The molecule has 2 aromatic heterocycles. The van der Waals surface area contributed by atoms with Crippen molar-refractivity contribution < 1.29 is 9.18 Å². The van der Waals surface area contributed by atoms with Gasteiger partial charge in [0.1, 0.15) is 17.8 Å². The predicted molar refractivity (Wildman–Crippen MR) is 65.9 cm³/mol. The molecule has 7 heteroatoms. The molecule has 0 aliphatic heterocycles. The predicted octanol–water partition coefficient (Wildman–Crippen LogP) is 1.24. The van der Waals surface area contributed by atoms with Crippen LogP contribution in [0.3, 0.4) is 0 Å². The molecule has 3 rings (SSSR count). The van der Waals surface area contributed by atoms with E-state index in [1.807, 2.05) is 0 Å². The summed E-state index contributed by atoms with van der Waals surface area (Å²) >= 11 is 0. The molecule has 0 aliphatic rings. The summed E-state index contributed by atoms with van der Waals surface area (Å²) in [5, 5.41) is 4.45. The fourth-order valence-corrected chi connectivity index (χ4v) is 1.70. The third kappa shape index (κ3) is 2.01. The molecule has 94 valence electrons. The Morgan fingerprint density at radius 2 is 2.05 bits per heavy atom. The van der Waals surface area contributed by atoms with E-state index in [0.29, 0.717) is 5.52 Å². The van der Waals surface area contributed by atoms with Crippen LogP contribution in [0, 0.1) is 5.82 Å². The largest absolute Gasteiger partial charge is 0.366 e. The first-order chi connectivity index (χ1) is 9.13. The maximum atomic E-state index is 13.1. The van der Waals surface area contributed by atoms with Gasteiger partial charge in [-0.3, -0.25) is 4.79 Å². The fourth-order valence-electron chi connectivity index (χ4n) is 1.70. The van der Waals surface area contributed by atoms with Gasteiger partial charge in [-0.05, 0) is 18.2 Å². The average molecular weight is 257 g/mol. The van der Waals surface area contributed by atoms with Gasteiger partial charge in [-0.25, -0.2) is 14.4 Å². The van der Waals surface area contributed by atoms with Crippen LogP contribution < -0.4 is 5.73 Å². The minimum atomic E-state index is -0.477. The molecule has 2 heterocycles. The van der Waals surface area contributed by atoms with Gasteiger partial charge in [0.2, 0.25) is 5.95 Å². The van der Waals surface area contributed by atoms with E-state index in [1.54, 1.807) is 18.2 Å².